The molecule has 0 aromatic carbocycles. The van der Waals surface area contributed by atoms with Gasteiger partial charge in [-0.25, -0.2) is 4.79 Å². The van der Waals surface area contributed by atoms with Crippen LogP contribution in [0.3, 0.4) is 0 Å². The molecule has 2 N–H and O–H groups in total. The van der Waals surface area contributed by atoms with Gasteiger partial charge < -0.3 is 15.4 Å². The van der Waals surface area contributed by atoms with Crippen LogP contribution in [0.5, 0.6) is 0 Å². The Morgan fingerprint density at radius 2 is 2.00 bits per heavy atom. The summed E-state index contributed by atoms with van der Waals surface area (Å²) in [5, 5.41) is 7.87. The molecular weight excluding hydrogens is 276 g/mol. The van der Waals surface area contributed by atoms with Crippen LogP contribution in [0.25, 0.3) is 0 Å². The highest BCUT2D eigenvalue weighted by molar-refractivity contribution is 7.12. The van der Waals surface area contributed by atoms with Gasteiger partial charge in [-0.05, 0) is 38.6 Å². The minimum absolute atomic E-state index is 0.0181. The Morgan fingerprint density at radius 1 is 1.35 bits per heavy atom. The van der Waals surface area contributed by atoms with E-state index in [9.17, 15) is 9.59 Å². The summed E-state index contributed by atoms with van der Waals surface area (Å²) < 4.78 is 4.71. The van der Waals surface area contributed by atoms with Gasteiger partial charge in [-0.1, -0.05) is 0 Å². The molecule has 1 aromatic rings. The third kappa shape index (κ3) is 4.94. The van der Waals surface area contributed by atoms with Crippen LogP contribution in [0, 0.1) is 6.92 Å². The van der Waals surface area contributed by atoms with E-state index in [4.69, 9.17) is 4.74 Å². The normalized spacial score (nSPS) is 11.2. The Hall–Kier alpha value is -1.40. The number of amides is 1. The number of anilines is 1. The fourth-order valence-corrected chi connectivity index (χ4v) is 2.52. The lowest BCUT2D eigenvalue weighted by atomic mass is 10.1. The Morgan fingerprint density at radius 3 is 2.55 bits per heavy atom. The van der Waals surface area contributed by atoms with Gasteiger partial charge in [0.15, 0.2) is 0 Å². The lowest BCUT2D eigenvalue weighted by Crippen LogP contribution is -2.37. The van der Waals surface area contributed by atoms with Crippen LogP contribution < -0.4 is 10.6 Å². The molecule has 0 fully saturated rings. The molecule has 0 atom stereocenters. The van der Waals surface area contributed by atoms with Crippen molar-refractivity contribution in [3.05, 3.63) is 15.8 Å². The number of hydrogen-bond donors (Lipinski definition) is 2. The summed E-state index contributed by atoms with van der Waals surface area (Å²) in [6.07, 6.45) is 0.354. The minimum atomic E-state index is -0.425. The number of rotatable bonds is 5. The maximum absolute atomic E-state index is 11.9. The van der Waals surface area contributed by atoms with Gasteiger partial charge in [-0.15, -0.1) is 11.3 Å². The number of hydrogen-bond acceptors (Lipinski definition) is 5. The molecule has 20 heavy (non-hydrogen) atoms. The van der Waals surface area contributed by atoms with E-state index in [1.165, 1.54) is 18.4 Å². The number of nitrogens with one attached hydrogen (secondary N) is 2. The first kappa shape index (κ1) is 16.7. The standard InChI is InChI=1S/C14H22N2O3S/c1-9-8-20-12(13(18)19-5)11(9)16-10(17)6-7-15-14(2,3)4/h8,15H,6-7H2,1-5H3,(H,16,17). The van der Waals surface area contributed by atoms with Crippen LogP contribution in [0.2, 0.25) is 0 Å². The molecule has 0 radical (unpaired) electrons. The van der Waals surface area contributed by atoms with Crippen molar-refractivity contribution in [3.63, 3.8) is 0 Å². The average Bonchev–Trinajstić information content (AvgIpc) is 2.68. The van der Waals surface area contributed by atoms with Crippen molar-refractivity contribution in [1.29, 1.82) is 0 Å². The SMILES string of the molecule is COC(=O)c1scc(C)c1NC(=O)CCNC(C)(C)C. The summed E-state index contributed by atoms with van der Waals surface area (Å²) in [6.45, 7) is 8.58. The highest BCUT2D eigenvalue weighted by Crippen LogP contribution is 2.28. The second-order valence-corrected chi connectivity index (χ2v) is 6.47. The van der Waals surface area contributed by atoms with Crippen molar-refractivity contribution in [3.8, 4) is 0 Å². The molecule has 112 valence electrons. The van der Waals surface area contributed by atoms with Gasteiger partial charge in [0.05, 0.1) is 12.8 Å². The van der Waals surface area contributed by atoms with Crippen LogP contribution in [-0.2, 0) is 9.53 Å². The zero-order valence-electron chi connectivity index (χ0n) is 12.6. The first-order chi connectivity index (χ1) is 9.24. The summed E-state index contributed by atoms with van der Waals surface area (Å²) in [4.78, 5) is 23.9. The van der Waals surface area contributed by atoms with Gasteiger partial charge in [0.2, 0.25) is 5.91 Å². The maximum atomic E-state index is 11.9. The van der Waals surface area contributed by atoms with E-state index in [1.807, 2.05) is 33.1 Å². The average molecular weight is 298 g/mol. The van der Waals surface area contributed by atoms with Gasteiger partial charge in [-0.3, -0.25) is 4.79 Å². The highest BCUT2D eigenvalue weighted by Gasteiger charge is 2.18. The smallest absolute Gasteiger partial charge is 0.350 e. The lowest BCUT2D eigenvalue weighted by Gasteiger charge is -2.20. The van der Waals surface area contributed by atoms with Gasteiger partial charge in [-0.2, -0.15) is 0 Å². The number of aryl methyl sites for hydroxylation is 1. The largest absolute Gasteiger partial charge is 0.465 e. The maximum Gasteiger partial charge on any atom is 0.350 e. The molecule has 6 heteroatoms. The minimum Gasteiger partial charge on any atom is -0.465 e. The molecule has 0 saturated heterocycles. The predicted molar refractivity (Wildman–Crippen MR) is 81.4 cm³/mol. The van der Waals surface area contributed by atoms with Crippen molar-refractivity contribution < 1.29 is 14.3 Å². The van der Waals surface area contributed by atoms with Crippen LogP contribution >= 0.6 is 11.3 Å². The summed E-state index contributed by atoms with van der Waals surface area (Å²) in [5.74, 6) is -0.542. The van der Waals surface area contributed by atoms with Gasteiger partial charge in [0.1, 0.15) is 4.88 Å². The van der Waals surface area contributed by atoms with E-state index in [1.54, 1.807) is 0 Å². The number of ether oxygens (including phenoxy) is 1. The second kappa shape index (κ2) is 6.85. The molecule has 0 unspecified atom stereocenters. The quantitative estimate of drug-likeness (QED) is 0.820. The van der Waals surface area contributed by atoms with Crippen molar-refractivity contribution in [2.75, 3.05) is 19.0 Å². The van der Waals surface area contributed by atoms with E-state index in [0.717, 1.165) is 5.56 Å². The molecule has 0 aliphatic heterocycles. The molecule has 1 aromatic heterocycles. The number of carbonyl (C=O) groups is 2. The summed E-state index contributed by atoms with van der Waals surface area (Å²) in [7, 11) is 1.33. The van der Waals surface area contributed by atoms with E-state index >= 15 is 0 Å². The predicted octanol–water partition coefficient (Wildman–Crippen LogP) is 2.56. The van der Waals surface area contributed by atoms with Crippen molar-refractivity contribution in [2.24, 2.45) is 0 Å². The van der Waals surface area contributed by atoms with Crippen molar-refractivity contribution in [2.45, 2.75) is 39.7 Å². The second-order valence-electron chi connectivity index (χ2n) is 5.59. The van der Waals surface area contributed by atoms with Crippen LogP contribution in [-0.4, -0.2) is 31.1 Å². The van der Waals surface area contributed by atoms with Crippen LogP contribution in [0.1, 0.15) is 42.4 Å². The fourth-order valence-electron chi connectivity index (χ4n) is 1.60. The molecule has 1 amide bonds. The molecule has 0 saturated carbocycles. The van der Waals surface area contributed by atoms with Gasteiger partial charge in [0.25, 0.3) is 0 Å². The Kier molecular flexibility index (Phi) is 5.71. The number of carbonyl (C=O) groups excluding carboxylic acids is 2. The fraction of sp³-hybridized carbons (Fsp3) is 0.571. The number of methoxy groups -OCH3 is 1. The van der Waals surface area contributed by atoms with Crippen LogP contribution in [0.4, 0.5) is 5.69 Å². The van der Waals surface area contributed by atoms with Crippen LogP contribution in [0.15, 0.2) is 5.38 Å². The molecule has 1 heterocycles. The Balaban J connectivity index is 2.62. The topological polar surface area (TPSA) is 67.4 Å². The monoisotopic (exact) mass is 298 g/mol. The summed E-state index contributed by atoms with van der Waals surface area (Å²) in [6, 6.07) is 0. The zero-order valence-corrected chi connectivity index (χ0v) is 13.4. The molecule has 0 aliphatic rings. The van der Waals surface area contributed by atoms with E-state index in [0.29, 0.717) is 23.5 Å². The zero-order chi connectivity index (χ0) is 15.3. The highest BCUT2D eigenvalue weighted by atomic mass is 32.1. The summed E-state index contributed by atoms with van der Waals surface area (Å²) >= 11 is 1.27. The number of esters is 1. The first-order valence-corrected chi connectivity index (χ1v) is 7.34. The molecule has 0 aliphatic carbocycles. The van der Waals surface area contributed by atoms with E-state index in [-0.39, 0.29) is 11.4 Å². The molecule has 1 rings (SSSR count). The third-order valence-corrected chi connectivity index (χ3v) is 3.70. The van der Waals surface area contributed by atoms with Gasteiger partial charge in [0, 0.05) is 18.5 Å². The third-order valence-electron chi connectivity index (χ3n) is 2.62. The first-order valence-electron chi connectivity index (χ1n) is 6.46. The van der Waals surface area contributed by atoms with E-state index < -0.39 is 5.97 Å². The van der Waals surface area contributed by atoms with Gasteiger partial charge >= 0.3 is 5.97 Å². The van der Waals surface area contributed by atoms with Crippen molar-refractivity contribution in [1.82, 2.24) is 5.32 Å². The summed E-state index contributed by atoms with van der Waals surface area (Å²) in [5.41, 5.74) is 1.41. The number of thiophene rings is 1. The Bertz CT molecular complexity index is 489. The van der Waals surface area contributed by atoms with E-state index in [2.05, 4.69) is 10.6 Å². The molecule has 0 spiro atoms. The Labute approximate surface area is 123 Å². The molecule has 5 nitrogen and oxygen atoms in total. The molecular formula is C14H22N2O3S. The lowest BCUT2D eigenvalue weighted by molar-refractivity contribution is -0.116. The van der Waals surface area contributed by atoms with Crippen molar-refractivity contribution >= 4 is 28.9 Å². The molecule has 0 bridgehead atoms.